The lowest BCUT2D eigenvalue weighted by molar-refractivity contribution is -0.139. The predicted molar refractivity (Wildman–Crippen MR) is 166 cm³/mol. The Morgan fingerprint density at radius 2 is 1.00 bits per heavy atom. The summed E-state index contributed by atoms with van der Waals surface area (Å²) < 4.78 is 90.7. The quantitative estimate of drug-likeness (QED) is 0.153. The molecule has 0 heterocycles. The molecular weight excluding hydrogens is 622 g/mol. The van der Waals surface area contributed by atoms with Gasteiger partial charge in [0.1, 0.15) is 18.1 Å². The second-order valence-corrected chi connectivity index (χ2v) is 10.4. The summed E-state index contributed by atoms with van der Waals surface area (Å²) in [6.45, 7) is -0.374. The van der Waals surface area contributed by atoms with Gasteiger partial charge in [0.25, 0.3) is 0 Å². The Balaban J connectivity index is 1.42. The van der Waals surface area contributed by atoms with Gasteiger partial charge in [0.2, 0.25) is 0 Å². The Kier molecular flexibility index (Phi) is 9.70. The lowest BCUT2D eigenvalue weighted by Crippen LogP contribution is -2.09. The van der Waals surface area contributed by atoms with E-state index in [9.17, 15) is 31.1 Å². The topological polar surface area (TPSA) is 55.8 Å². The van der Waals surface area contributed by atoms with Crippen molar-refractivity contribution in [1.82, 2.24) is 0 Å². The van der Waals surface area contributed by atoms with Gasteiger partial charge in [0.15, 0.2) is 6.61 Å². The van der Waals surface area contributed by atoms with E-state index in [2.05, 4.69) is 0 Å². The van der Waals surface area contributed by atoms with Crippen molar-refractivity contribution in [3.05, 3.63) is 150 Å². The van der Waals surface area contributed by atoms with E-state index in [0.29, 0.717) is 33.8 Å². The fraction of sp³-hybridized carbons (Fsp3) is 0.108. The number of benzene rings is 5. The zero-order chi connectivity index (χ0) is 33.6. The summed E-state index contributed by atoms with van der Waals surface area (Å²) in [7, 11) is 0. The van der Waals surface area contributed by atoms with Crippen molar-refractivity contribution < 1.29 is 45.7 Å². The van der Waals surface area contributed by atoms with Crippen LogP contribution in [0.2, 0.25) is 0 Å². The number of hydrogen-bond acceptors (Lipinski definition) is 3. The van der Waals surface area contributed by atoms with Crippen LogP contribution in [0.25, 0.3) is 27.8 Å². The monoisotopic (exact) mass is 648 g/mol. The third-order valence-corrected chi connectivity index (χ3v) is 7.16. The van der Waals surface area contributed by atoms with E-state index in [0.717, 1.165) is 41.0 Å². The summed E-state index contributed by atoms with van der Waals surface area (Å²) in [5, 5.41) is 8.77. The van der Waals surface area contributed by atoms with E-state index in [1.807, 2.05) is 6.08 Å². The van der Waals surface area contributed by atoms with Crippen LogP contribution in [0.3, 0.4) is 0 Å². The molecule has 0 saturated carbocycles. The first-order valence-electron chi connectivity index (χ1n) is 14.2. The van der Waals surface area contributed by atoms with Crippen LogP contribution in [0.15, 0.2) is 127 Å². The molecule has 0 aromatic heterocycles. The molecule has 0 aliphatic rings. The molecule has 1 N–H and O–H groups in total. The maximum Gasteiger partial charge on any atom is 0.416 e. The number of ether oxygens (including phenoxy) is 2. The zero-order valence-electron chi connectivity index (χ0n) is 24.5. The van der Waals surface area contributed by atoms with Crippen molar-refractivity contribution in [3.8, 4) is 33.8 Å². The average Bonchev–Trinajstić information content (AvgIpc) is 3.06. The molecule has 0 saturated heterocycles. The highest BCUT2D eigenvalue weighted by Crippen LogP contribution is 2.35. The van der Waals surface area contributed by atoms with Crippen LogP contribution in [0, 0.1) is 0 Å². The first-order chi connectivity index (χ1) is 22.4. The van der Waals surface area contributed by atoms with Crippen molar-refractivity contribution >= 4 is 11.5 Å². The molecule has 0 aliphatic heterocycles. The zero-order valence-corrected chi connectivity index (χ0v) is 24.5. The van der Waals surface area contributed by atoms with Gasteiger partial charge in [-0.2, -0.15) is 26.3 Å². The Morgan fingerprint density at radius 3 is 1.40 bits per heavy atom. The van der Waals surface area contributed by atoms with Crippen LogP contribution < -0.4 is 9.47 Å². The standard InChI is InChI=1S/C37H26F6O4/c38-36(39,40)30-5-1-3-28(21-30)24-7-11-26(12-8-24)34(19-20-46-32-15-17-33(18-16-32)47-23-35(44)45)27-13-9-25(10-14-27)29-4-2-6-31(22-29)37(41,42)43/h1-19,21-22H,20,23H2,(H,44,45). The highest BCUT2D eigenvalue weighted by Gasteiger charge is 2.31. The van der Waals surface area contributed by atoms with Gasteiger partial charge in [-0.3, -0.25) is 0 Å². The number of aliphatic carboxylic acids is 1. The molecule has 240 valence electrons. The van der Waals surface area contributed by atoms with Crippen LogP contribution >= 0.6 is 0 Å². The second kappa shape index (κ2) is 13.9. The maximum atomic E-state index is 13.3. The lowest BCUT2D eigenvalue weighted by atomic mass is 9.93. The van der Waals surface area contributed by atoms with Crippen molar-refractivity contribution in [1.29, 1.82) is 0 Å². The molecule has 0 atom stereocenters. The van der Waals surface area contributed by atoms with Crippen molar-refractivity contribution in [2.45, 2.75) is 12.4 Å². The highest BCUT2D eigenvalue weighted by atomic mass is 19.4. The minimum atomic E-state index is -4.47. The molecule has 0 amide bonds. The van der Waals surface area contributed by atoms with Gasteiger partial charge >= 0.3 is 18.3 Å². The fourth-order valence-corrected chi connectivity index (χ4v) is 4.84. The van der Waals surface area contributed by atoms with E-state index in [1.165, 1.54) is 12.1 Å². The molecule has 0 unspecified atom stereocenters. The predicted octanol–water partition coefficient (Wildman–Crippen LogP) is 10.0. The summed E-state index contributed by atoms with van der Waals surface area (Å²) in [5.41, 5.74) is 2.65. The Morgan fingerprint density at radius 1 is 0.574 bits per heavy atom. The van der Waals surface area contributed by atoms with Crippen LogP contribution in [-0.2, 0) is 17.1 Å². The number of carboxylic acids is 1. The third kappa shape index (κ3) is 8.61. The fourth-order valence-electron chi connectivity index (χ4n) is 4.84. The summed E-state index contributed by atoms with van der Waals surface area (Å²) >= 11 is 0. The van der Waals surface area contributed by atoms with Gasteiger partial charge in [-0.05, 0) is 93.6 Å². The molecule has 10 heteroatoms. The summed E-state index contributed by atoms with van der Waals surface area (Å²) in [6.07, 6.45) is -7.14. The Hall–Kier alpha value is -5.51. The number of alkyl halides is 6. The number of halogens is 6. The number of rotatable bonds is 10. The molecule has 47 heavy (non-hydrogen) atoms. The van der Waals surface area contributed by atoms with Gasteiger partial charge in [-0.1, -0.05) is 72.8 Å². The number of hydrogen-bond donors (Lipinski definition) is 1. The van der Waals surface area contributed by atoms with Crippen LogP contribution in [0.1, 0.15) is 22.3 Å². The van der Waals surface area contributed by atoms with Gasteiger partial charge in [0, 0.05) is 0 Å². The van der Waals surface area contributed by atoms with Gasteiger partial charge in [-0.15, -0.1) is 0 Å². The van der Waals surface area contributed by atoms with Crippen molar-refractivity contribution in [2.75, 3.05) is 13.2 Å². The molecular formula is C37H26F6O4. The molecule has 0 spiro atoms. The van der Waals surface area contributed by atoms with Crippen LogP contribution in [0.5, 0.6) is 11.5 Å². The first-order valence-corrected chi connectivity index (χ1v) is 14.2. The molecule has 0 fully saturated rings. The van der Waals surface area contributed by atoms with Crippen molar-refractivity contribution in [2.24, 2.45) is 0 Å². The molecule has 5 aromatic rings. The van der Waals surface area contributed by atoms with Crippen LogP contribution in [-0.4, -0.2) is 24.3 Å². The summed E-state index contributed by atoms with van der Waals surface area (Å²) in [4.78, 5) is 10.7. The van der Waals surface area contributed by atoms with E-state index >= 15 is 0 Å². The Bertz CT molecular complexity index is 1760. The normalized spacial score (nSPS) is 11.5. The number of carboxylic acid groups (broad SMARTS) is 1. The largest absolute Gasteiger partial charge is 0.490 e. The molecule has 0 radical (unpaired) electrons. The minimum Gasteiger partial charge on any atom is -0.490 e. The minimum absolute atomic E-state index is 0.107. The average molecular weight is 649 g/mol. The molecule has 5 aromatic carbocycles. The molecule has 4 nitrogen and oxygen atoms in total. The number of carbonyl (C=O) groups is 1. The van der Waals surface area contributed by atoms with E-state index in [4.69, 9.17) is 14.6 Å². The molecule has 0 bridgehead atoms. The Labute approximate surface area is 266 Å². The SMILES string of the molecule is O=C(O)COc1ccc(OCC=C(c2ccc(-c3cccc(C(F)(F)F)c3)cc2)c2ccc(-c3cccc(C(F)(F)F)c3)cc2)cc1. The van der Waals surface area contributed by atoms with E-state index < -0.39 is 36.1 Å². The highest BCUT2D eigenvalue weighted by molar-refractivity contribution is 5.82. The van der Waals surface area contributed by atoms with E-state index in [1.54, 1.807) is 84.9 Å². The first kappa shape index (κ1) is 32.9. The van der Waals surface area contributed by atoms with E-state index in [-0.39, 0.29) is 6.61 Å². The summed E-state index contributed by atoms with van der Waals surface area (Å²) in [5.74, 6) is -0.255. The third-order valence-electron chi connectivity index (χ3n) is 7.16. The van der Waals surface area contributed by atoms with Gasteiger partial charge in [0.05, 0.1) is 11.1 Å². The van der Waals surface area contributed by atoms with Crippen LogP contribution in [0.4, 0.5) is 26.3 Å². The summed E-state index contributed by atoms with van der Waals surface area (Å²) in [6, 6.07) is 30.4. The van der Waals surface area contributed by atoms with Gasteiger partial charge < -0.3 is 14.6 Å². The molecule has 5 rings (SSSR count). The second-order valence-electron chi connectivity index (χ2n) is 10.4. The smallest absolute Gasteiger partial charge is 0.416 e. The lowest BCUT2D eigenvalue weighted by Gasteiger charge is -2.13. The van der Waals surface area contributed by atoms with Gasteiger partial charge in [-0.25, -0.2) is 4.79 Å². The molecule has 0 aliphatic carbocycles. The van der Waals surface area contributed by atoms with Crippen molar-refractivity contribution in [3.63, 3.8) is 0 Å². The maximum absolute atomic E-state index is 13.3.